The topological polar surface area (TPSA) is 64.0 Å². The third kappa shape index (κ3) is 4.24. The molecular formula is C24H21N3O2. The Balaban J connectivity index is 1.58. The zero-order valence-corrected chi connectivity index (χ0v) is 16.1. The molecule has 29 heavy (non-hydrogen) atoms. The number of hydrogen-bond acceptors (Lipinski definition) is 3. The number of rotatable bonds is 6. The fourth-order valence-electron chi connectivity index (χ4n) is 3.35. The Morgan fingerprint density at radius 1 is 0.897 bits per heavy atom. The lowest BCUT2D eigenvalue weighted by Gasteiger charge is -2.10. The Labute approximate surface area is 169 Å². The molecule has 5 heteroatoms. The van der Waals surface area contributed by atoms with Gasteiger partial charge in [0.25, 0.3) is 0 Å². The highest BCUT2D eigenvalue weighted by Crippen LogP contribution is 2.19. The Kier molecular flexibility index (Phi) is 5.20. The highest BCUT2D eigenvalue weighted by Gasteiger charge is 2.14. The molecule has 0 aliphatic heterocycles. The van der Waals surface area contributed by atoms with Gasteiger partial charge in [-0.05, 0) is 48.9 Å². The Hall–Kier alpha value is -3.73. The lowest BCUT2D eigenvalue weighted by Crippen LogP contribution is -2.20. The first-order chi connectivity index (χ1) is 14.1. The average Bonchev–Trinajstić information content (AvgIpc) is 3.06. The van der Waals surface area contributed by atoms with Gasteiger partial charge in [-0.25, -0.2) is 4.98 Å². The number of carbonyl (C=O) groups excluding carboxylic acids is 2. The minimum Gasteiger partial charge on any atom is -0.325 e. The van der Waals surface area contributed by atoms with Gasteiger partial charge < -0.3 is 9.88 Å². The van der Waals surface area contributed by atoms with Crippen LogP contribution in [-0.4, -0.2) is 21.2 Å². The van der Waals surface area contributed by atoms with Crippen LogP contribution in [0.15, 0.2) is 78.9 Å². The normalized spacial score (nSPS) is 10.8. The van der Waals surface area contributed by atoms with E-state index in [1.54, 1.807) is 24.3 Å². The molecule has 144 valence electrons. The number of amides is 1. The second-order valence-corrected chi connectivity index (χ2v) is 6.95. The van der Waals surface area contributed by atoms with Gasteiger partial charge in [-0.2, -0.15) is 0 Å². The highest BCUT2D eigenvalue weighted by atomic mass is 16.2. The van der Waals surface area contributed by atoms with E-state index in [0.29, 0.717) is 17.7 Å². The zero-order valence-electron chi connectivity index (χ0n) is 16.1. The van der Waals surface area contributed by atoms with Gasteiger partial charge in [-0.15, -0.1) is 0 Å². The molecule has 4 rings (SSSR count). The maximum absolute atomic E-state index is 12.7. The number of benzene rings is 3. The van der Waals surface area contributed by atoms with Crippen LogP contribution in [0.5, 0.6) is 0 Å². The van der Waals surface area contributed by atoms with Crippen molar-refractivity contribution < 1.29 is 9.59 Å². The van der Waals surface area contributed by atoms with Crippen molar-refractivity contribution in [1.29, 1.82) is 0 Å². The molecule has 0 unspecified atom stereocenters. The summed E-state index contributed by atoms with van der Waals surface area (Å²) in [5.74, 6) is 0.704. The molecule has 5 nitrogen and oxygen atoms in total. The lowest BCUT2D eigenvalue weighted by atomic mass is 10.1. The summed E-state index contributed by atoms with van der Waals surface area (Å²) in [5, 5.41) is 2.90. The summed E-state index contributed by atoms with van der Waals surface area (Å²) in [6, 6.07) is 24.8. The summed E-state index contributed by atoms with van der Waals surface area (Å²) < 4.78 is 1.96. The molecule has 0 saturated heterocycles. The lowest BCUT2D eigenvalue weighted by molar-refractivity contribution is -0.116. The molecule has 1 aromatic heterocycles. The van der Waals surface area contributed by atoms with Crippen LogP contribution in [-0.2, 0) is 17.8 Å². The number of imidazole rings is 1. The number of fused-ring (bicyclic) bond motifs is 1. The van der Waals surface area contributed by atoms with Crippen molar-refractivity contribution in [2.45, 2.75) is 19.9 Å². The smallest absolute Gasteiger partial charge is 0.244 e. The first-order valence-corrected chi connectivity index (χ1v) is 9.49. The first kappa shape index (κ1) is 18.6. The molecule has 1 amide bonds. The summed E-state index contributed by atoms with van der Waals surface area (Å²) >= 11 is 0. The number of carbonyl (C=O) groups is 2. The quantitative estimate of drug-likeness (QED) is 0.500. The van der Waals surface area contributed by atoms with Crippen LogP contribution in [0.1, 0.15) is 28.7 Å². The molecule has 1 heterocycles. The van der Waals surface area contributed by atoms with Gasteiger partial charge in [0, 0.05) is 17.7 Å². The molecule has 0 aliphatic carbocycles. The van der Waals surface area contributed by atoms with Crippen molar-refractivity contribution in [3.8, 4) is 0 Å². The van der Waals surface area contributed by atoms with E-state index in [-0.39, 0.29) is 18.2 Å². The fourth-order valence-corrected chi connectivity index (χ4v) is 3.35. The minimum atomic E-state index is -0.141. The molecule has 0 fully saturated rings. The van der Waals surface area contributed by atoms with Crippen molar-refractivity contribution >= 4 is 28.4 Å². The fraction of sp³-hybridized carbons (Fsp3) is 0.125. The van der Waals surface area contributed by atoms with Gasteiger partial charge in [0.05, 0.1) is 11.0 Å². The van der Waals surface area contributed by atoms with Crippen LogP contribution in [0.4, 0.5) is 5.69 Å². The number of nitrogens with zero attached hydrogens (tertiary/aromatic N) is 2. The summed E-state index contributed by atoms with van der Waals surface area (Å²) in [6.45, 7) is 1.68. The van der Waals surface area contributed by atoms with Crippen LogP contribution in [0.25, 0.3) is 11.0 Å². The van der Waals surface area contributed by atoms with Crippen LogP contribution < -0.4 is 5.32 Å². The van der Waals surface area contributed by atoms with E-state index in [4.69, 9.17) is 4.98 Å². The van der Waals surface area contributed by atoms with E-state index in [0.717, 1.165) is 22.4 Å². The van der Waals surface area contributed by atoms with Gasteiger partial charge >= 0.3 is 0 Å². The van der Waals surface area contributed by atoms with Crippen LogP contribution in [0, 0.1) is 0 Å². The second-order valence-electron chi connectivity index (χ2n) is 6.95. The van der Waals surface area contributed by atoms with Gasteiger partial charge in [-0.1, -0.05) is 42.5 Å². The third-order valence-electron chi connectivity index (χ3n) is 4.82. The average molecular weight is 383 g/mol. The summed E-state index contributed by atoms with van der Waals surface area (Å²) in [5.41, 5.74) is 4.23. The number of Topliss-reactive ketones (excluding diaryl/α,β-unsaturated/α-hetero) is 1. The molecule has 0 aliphatic rings. The van der Waals surface area contributed by atoms with Crippen molar-refractivity contribution in [3.63, 3.8) is 0 Å². The predicted molar refractivity (Wildman–Crippen MR) is 114 cm³/mol. The molecule has 4 aromatic rings. The van der Waals surface area contributed by atoms with Crippen molar-refractivity contribution in [2.24, 2.45) is 0 Å². The van der Waals surface area contributed by atoms with Crippen LogP contribution in [0.2, 0.25) is 0 Å². The summed E-state index contributed by atoms with van der Waals surface area (Å²) in [7, 11) is 0. The van der Waals surface area contributed by atoms with E-state index in [9.17, 15) is 9.59 Å². The Morgan fingerprint density at radius 2 is 1.59 bits per heavy atom. The van der Waals surface area contributed by atoms with Crippen molar-refractivity contribution in [1.82, 2.24) is 9.55 Å². The van der Waals surface area contributed by atoms with E-state index >= 15 is 0 Å². The molecule has 0 bridgehead atoms. The van der Waals surface area contributed by atoms with Crippen molar-refractivity contribution in [3.05, 3.63) is 95.8 Å². The number of ketones is 1. The second kappa shape index (κ2) is 8.10. The molecule has 1 N–H and O–H groups in total. The van der Waals surface area contributed by atoms with E-state index in [2.05, 4.69) is 17.4 Å². The number of para-hydroxylation sites is 2. The maximum atomic E-state index is 12.7. The predicted octanol–water partition coefficient (Wildman–Crippen LogP) is 4.47. The highest BCUT2D eigenvalue weighted by molar-refractivity contribution is 5.95. The minimum absolute atomic E-state index is 0.00156. The third-order valence-corrected chi connectivity index (χ3v) is 4.82. The molecule has 0 spiro atoms. The standard InChI is InChI=1S/C24H21N3O2/c1-17(28)19-11-13-20(14-12-19)25-24(29)16-27-22-10-6-5-9-21(22)26-23(27)15-18-7-3-2-4-8-18/h2-14H,15-16H2,1H3,(H,25,29). The van der Waals surface area contributed by atoms with Gasteiger partial charge in [0.1, 0.15) is 12.4 Å². The molecule has 0 radical (unpaired) electrons. The zero-order chi connectivity index (χ0) is 20.2. The first-order valence-electron chi connectivity index (χ1n) is 9.49. The maximum Gasteiger partial charge on any atom is 0.244 e. The molecule has 3 aromatic carbocycles. The van der Waals surface area contributed by atoms with Gasteiger partial charge in [0.15, 0.2) is 5.78 Å². The Morgan fingerprint density at radius 3 is 2.31 bits per heavy atom. The monoisotopic (exact) mass is 383 g/mol. The summed E-state index contributed by atoms with van der Waals surface area (Å²) in [4.78, 5) is 28.9. The SMILES string of the molecule is CC(=O)c1ccc(NC(=O)Cn2c(Cc3ccccc3)nc3ccccc32)cc1. The van der Waals surface area contributed by atoms with Crippen LogP contribution in [0.3, 0.4) is 0 Å². The molecule has 0 atom stereocenters. The molecular weight excluding hydrogens is 362 g/mol. The number of anilines is 1. The number of aromatic nitrogens is 2. The Bertz CT molecular complexity index is 1160. The molecule has 0 saturated carbocycles. The summed E-state index contributed by atoms with van der Waals surface area (Å²) in [6.07, 6.45) is 0.649. The largest absolute Gasteiger partial charge is 0.325 e. The van der Waals surface area contributed by atoms with Crippen molar-refractivity contribution in [2.75, 3.05) is 5.32 Å². The van der Waals surface area contributed by atoms with Gasteiger partial charge in [0.2, 0.25) is 5.91 Å². The van der Waals surface area contributed by atoms with E-state index in [1.807, 2.05) is 47.0 Å². The van der Waals surface area contributed by atoms with E-state index in [1.165, 1.54) is 6.92 Å². The van der Waals surface area contributed by atoms with Gasteiger partial charge in [-0.3, -0.25) is 9.59 Å². The number of hydrogen-bond donors (Lipinski definition) is 1. The van der Waals surface area contributed by atoms with Crippen LogP contribution >= 0.6 is 0 Å². The van der Waals surface area contributed by atoms with E-state index < -0.39 is 0 Å². The number of nitrogens with one attached hydrogen (secondary N) is 1.